The molecule has 5 heteroatoms. The van der Waals surface area contributed by atoms with E-state index in [1.165, 1.54) is 0 Å². The molecule has 0 bridgehead atoms. The van der Waals surface area contributed by atoms with Crippen LogP contribution in [-0.4, -0.2) is 25.0 Å². The molecule has 2 atom stereocenters. The van der Waals surface area contributed by atoms with Crippen LogP contribution in [0.5, 0.6) is 0 Å². The highest BCUT2D eigenvalue weighted by atomic mass is 35.5. The minimum absolute atomic E-state index is 0.105. The smallest absolute Gasteiger partial charge is 0.225 e. The van der Waals surface area contributed by atoms with Gasteiger partial charge in [0.2, 0.25) is 5.91 Å². The first-order valence-corrected chi connectivity index (χ1v) is 6.64. The molecule has 96 valence electrons. The van der Waals surface area contributed by atoms with Crippen LogP contribution in [0.25, 0.3) is 0 Å². The number of piperidine rings is 1. The van der Waals surface area contributed by atoms with Gasteiger partial charge in [0.1, 0.15) is 0 Å². The lowest BCUT2D eigenvalue weighted by Gasteiger charge is -2.38. The zero-order valence-corrected chi connectivity index (χ0v) is 10.8. The lowest BCUT2D eigenvalue weighted by Crippen LogP contribution is -2.45. The zero-order chi connectivity index (χ0) is 12.7. The Bertz CT molecular complexity index is 491. The Hall–Kier alpha value is -1.42. The number of rotatable bonds is 1. The van der Waals surface area contributed by atoms with E-state index in [1.807, 2.05) is 12.1 Å². The van der Waals surface area contributed by atoms with E-state index in [1.54, 1.807) is 6.07 Å². The summed E-state index contributed by atoms with van der Waals surface area (Å²) in [4.78, 5) is 14.0. The number of anilines is 2. The number of hydrogen-bond acceptors (Lipinski definition) is 3. The zero-order valence-electron chi connectivity index (χ0n) is 10.0. The Morgan fingerprint density at radius 3 is 3.06 bits per heavy atom. The molecule has 0 aromatic heterocycles. The van der Waals surface area contributed by atoms with Crippen molar-refractivity contribution in [3.63, 3.8) is 0 Å². The van der Waals surface area contributed by atoms with Crippen molar-refractivity contribution >= 4 is 28.9 Å². The summed E-state index contributed by atoms with van der Waals surface area (Å²) in [6, 6.07) is 5.80. The summed E-state index contributed by atoms with van der Waals surface area (Å²) in [5.74, 6) is 0.283. The van der Waals surface area contributed by atoms with Gasteiger partial charge in [-0.15, -0.1) is 0 Å². The fourth-order valence-electron chi connectivity index (χ4n) is 3.04. The van der Waals surface area contributed by atoms with Gasteiger partial charge in [0.25, 0.3) is 0 Å². The first kappa shape index (κ1) is 11.7. The molecule has 2 aliphatic rings. The molecule has 2 fully saturated rings. The van der Waals surface area contributed by atoms with Crippen molar-refractivity contribution in [2.24, 2.45) is 5.92 Å². The standard InChI is InChI=1S/C13H16ClN3O/c14-8-3-4-11(10(15)6-8)17-5-1-2-9-12(17)7-16-13(9)18/h3-4,6,9,12H,1-2,5,7,15H2,(H,16,18). The highest BCUT2D eigenvalue weighted by molar-refractivity contribution is 6.31. The Morgan fingerprint density at radius 1 is 1.44 bits per heavy atom. The minimum Gasteiger partial charge on any atom is -0.397 e. The molecular weight excluding hydrogens is 250 g/mol. The van der Waals surface area contributed by atoms with Crippen molar-refractivity contribution in [1.29, 1.82) is 0 Å². The van der Waals surface area contributed by atoms with Crippen LogP contribution >= 0.6 is 11.6 Å². The van der Waals surface area contributed by atoms with Crippen molar-refractivity contribution in [2.45, 2.75) is 18.9 Å². The van der Waals surface area contributed by atoms with Gasteiger partial charge in [0.15, 0.2) is 0 Å². The number of nitrogens with one attached hydrogen (secondary N) is 1. The van der Waals surface area contributed by atoms with Crippen LogP contribution in [0, 0.1) is 5.92 Å². The summed E-state index contributed by atoms with van der Waals surface area (Å²) in [6.07, 6.45) is 2.00. The van der Waals surface area contributed by atoms with Gasteiger partial charge in [-0.25, -0.2) is 0 Å². The van der Waals surface area contributed by atoms with Crippen LogP contribution in [-0.2, 0) is 4.79 Å². The van der Waals surface area contributed by atoms with Crippen LogP contribution < -0.4 is 16.0 Å². The molecule has 0 radical (unpaired) electrons. The molecule has 0 saturated carbocycles. The van der Waals surface area contributed by atoms with Gasteiger partial charge < -0.3 is 16.0 Å². The van der Waals surface area contributed by atoms with E-state index in [9.17, 15) is 4.79 Å². The molecule has 3 rings (SSSR count). The second kappa shape index (κ2) is 4.35. The first-order valence-electron chi connectivity index (χ1n) is 6.26. The quantitative estimate of drug-likeness (QED) is 0.759. The van der Waals surface area contributed by atoms with Crippen molar-refractivity contribution in [3.05, 3.63) is 23.2 Å². The van der Waals surface area contributed by atoms with E-state index in [0.717, 1.165) is 25.1 Å². The van der Waals surface area contributed by atoms with Gasteiger partial charge in [-0.3, -0.25) is 4.79 Å². The number of hydrogen-bond donors (Lipinski definition) is 2. The third kappa shape index (κ3) is 1.81. The number of nitrogens with two attached hydrogens (primary N) is 1. The summed E-state index contributed by atoms with van der Waals surface area (Å²) in [7, 11) is 0. The molecule has 1 amide bonds. The van der Waals surface area contributed by atoms with Gasteiger partial charge in [-0.1, -0.05) is 11.6 Å². The lowest BCUT2D eigenvalue weighted by molar-refractivity contribution is -0.122. The molecule has 2 aliphatic heterocycles. The van der Waals surface area contributed by atoms with Gasteiger partial charge in [0.05, 0.1) is 23.3 Å². The van der Waals surface area contributed by atoms with E-state index in [0.29, 0.717) is 17.3 Å². The fraction of sp³-hybridized carbons (Fsp3) is 0.462. The molecule has 1 aromatic carbocycles. The number of nitrogens with zero attached hydrogens (tertiary/aromatic N) is 1. The molecule has 0 aliphatic carbocycles. The lowest BCUT2D eigenvalue weighted by atomic mass is 9.91. The molecule has 2 saturated heterocycles. The normalized spacial score (nSPS) is 26.9. The number of benzene rings is 1. The third-order valence-corrected chi connectivity index (χ3v) is 4.14. The summed E-state index contributed by atoms with van der Waals surface area (Å²) < 4.78 is 0. The maximum atomic E-state index is 11.7. The summed E-state index contributed by atoms with van der Waals surface area (Å²) in [5, 5.41) is 3.59. The van der Waals surface area contributed by atoms with E-state index < -0.39 is 0 Å². The predicted octanol–water partition coefficient (Wildman–Crippen LogP) is 1.64. The maximum Gasteiger partial charge on any atom is 0.225 e. The highest BCUT2D eigenvalue weighted by Crippen LogP contribution is 2.35. The van der Waals surface area contributed by atoms with Crippen LogP contribution in [0.3, 0.4) is 0 Å². The molecule has 2 heterocycles. The Labute approximate surface area is 111 Å². The second-order valence-electron chi connectivity index (χ2n) is 4.96. The average molecular weight is 266 g/mol. The van der Waals surface area contributed by atoms with Crippen molar-refractivity contribution < 1.29 is 4.79 Å². The van der Waals surface area contributed by atoms with E-state index in [2.05, 4.69) is 10.2 Å². The van der Waals surface area contributed by atoms with Crippen LogP contribution in [0.2, 0.25) is 5.02 Å². The molecule has 18 heavy (non-hydrogen) atoms. The fourth-order valence-corrected chi connectivity index (χ4v) is 3.22. The number of halogens is 1. The van der Waals surface area contributed by atoms with Crippen molar-refractivity contribution in [2.75, 3.05) is 23.7 Å². The number of carbonyl (C=O) groups is 1. The Morgan fingerprint density at radius 2 is 2.28 bits per heavy atom. The SMILES string of the molecule is Nc1cc(Cl)ccc1N1CCCC2C(=O)NCC21. The molecule has 3 N–H and O–H groups in total. The maximum absolute atomic E-state index is 11.7. The second-order valence-corrected chi connectivity index (χ2v) is 5.39. The largest absolute Gasteiger partial charge is 0.397 e. The van der Waals surface area contributed by atoms with Crippen LogP contribution in [0.1, 0.15) is 12.8 Å². The van der Waals surface area contributed by atoms with Gasteiger partial charge >= 0.3 is 0 Å². The predicted molar refractivity (Wildman–Crippen MR) is 72.7 cm³/mol. The van der Waals surface area contributed by atoms with Gasteiger partial charge in [0, 0.05) is 18.1 Å². The Kier molecular flexibility index (Phi) is 2.82. The number of amides is 1. The van der Waals surface area contributed by atoms with Gasteiger partial charge in [-0.05, 0) is 31.0 Å². The average Bonchev–Trinajstić information content (AvgIpc) is 2.72. The first-order chi connectivity index (χ1) is 8.66. The van der Waals surface area contributed by atoms with Crippen LogP contribution in [0.4, 0.5) is 11.4 Å². The monoisotopic (exact) mass is 265 g/mol. The van der Waals surface area contributed by atoms with E-state index >= 15 is 0 Å². The minimum atomic E-state index is 0.105. The van der Waals surface area contributed by atoms with E-state index in [-0.39, 0.29) is 17.9 Å². The number of nitrogen functional groups attached to an aromatic ring is 1. The van der Waals surface area contributed by atoms with Crippen molar-refractivity contribution in [1.82, 2.24) is 5.32 Å². The number of carbonyl (C=O) groups excluding carboxylic acids is 1. The Balaban J connectivity index is 1.93. The third-order valence-electron chi connectivity index (χ3n) is 3.90. The van der Waals surface area contributed by atoms with Crippen molar-refractivity contribution in [3.8, 4) is 0 Å². The topological polar surface area (TPSA) is 58.4 Å². The van der Waals surface area contributed by atoms with Crippen LogP contribution in [0.15, 0.2) is 18.2 Å². The summed E-state index contributed by atoms with van der Waals surface area (Å²) in [6.45, 7) is 1.66. The number of fused-ring (bicyclic) bond motifs is 1. The van der Waals surface area contributed by atoms with E-state index in [4.69, 9.17) is 17.3 Å². The van der Waals surface area contributed by atoms with Gasteiger partial charge in [-0.2, -0.15) is 0 Å². The molecule has 1 aromatic rings. The molecule has 4 nitrogen and oxygen atoms in total. The molecular formula is C13H16ClN3O. The summed E-state index contributed by atoms with van der Waals surface area (Å²) in [5.41, 5.74) is 7.71. The molecule has 2 unspecified atom stereocenters. The summed E-state index contributed by atoms with van der Waals surface area (Å²) >= 11 is 5.93. The molecule has 0 spiro atoms. The highest BCUT2D eigenvalue weighted by Gasteiger charge is 2.41.